The number of hydrogen-bond donors (Lipinski definition) is 1. The van der Waals surface area contributed by atoms with Gasteiger partial charge in [0.1, 0.15) is 0 Å². The molecule has 1 fully saturated rings. The minimum atomic E-state index is -1.36. The van der Waals surface area contributed by atoms with Crippen LogP contribution in [0.3, 0.4) is 0 Å². The molecule has 1 saturated heterocycles. The monoisotopic (exact) mass is 256 g/mol. The first-order valence-electron chi connectivity index (χ1n) is 6.29. The largest absolute Gasteiger partial charge is 0.385 e. The van der Waals surface area contributed by atoms with Gasteiger partial charge in [-0.2, -0.15) is 0 Å². The maximum Gasteiger partial charge on any atom is 0.164 e. The summed E-state index contributed by atoms with van der Waals surface area (Å²) in [5.74, 6) is -1.89. The fourth-order valence-electron chi connectivity index (χ4n) is 2.37. The first-order chi connectivity index (χ1) is 8.50. The Morgan fingerprint density at radius 3 is 2.89 bits per heavy atom. The van der Waals surface area contributed by atoms with Crippen molar-refractivity contribution in [3.8, 4) is 0 Å². The van der Waals surface area contributed by atoms with Gasteiger partial charge < -0.3 is 9.84 Å². The Morgan fingerprint density at radius 1 is 1.44 bits per heavy atom. The molecule has 0 aliphatic carbocycles. The summed E-state index contributed by atoms with van der Waals surface area (Å²) < 4.78 is 32.2. The average molecular weight is 256 g/mol. The molecule has 1 heterocycles. The maximum atomic E-state index is 13.6. The summed E-state index contributed by atoms with van der Waals surface area (Å²) in [7, 11) is 0. The van der Waals surface area contributed by atoms with Crippen molar-refractivity contribution in [1.29, 1.82) is 0 Å². The summed E-state index contributed by atoms with van der Waals surface area (Å²) in [6, 6.07) is 3.89. The number of halogens is 2. The van der Waals surface area contributed by atoms with E-state index in [1.165, 1.54) is 19.1 Å². The zero-order chi connectivity index (χ0) is 13.2. The van der Waals surface area contributed by atoms with E-state index in [1.807, 2.05) is 0 Å². The number of aliphatic hydroxyl groups is 1. The Balaban J connectivity index is 2.06. The van der Waals surface area contributed by atoms with Crippen molar-refractivity contribution in [2.24, 2.45) is 0 Å². The van der Waals surface area contributed by atoms with Crippen molar-refractivity contribution in [2.75, 3.05) is 6.61 Å². The molecule has 4 heteroatoms. The van der Waals surface area contributed by atoms with Crippen LogP contribution in [0.2, 0.25) is 0 Å². The summed E-state index contributed by atoms with van der Waals surface area (Å²) in [5, 5.41) is 10.3. The van der Waals surface area contributed by atoms with Gasteiger partial charge in [-0.25, -0.2) is 8.78 Å². The van der Waals surface area contributed by atoms with E-state index >= 15 is 0 Å². The molecule has 0 radical (unpaired) electrons. The Bertz CT molecular complexity index is 412. The van der Waals surface area contributed by atoms with Gasteiger partial charge in [0.05, 0.1) is 11.7 Å². The molecule has 0 bridgehead atoms. The summed E-state index contributed by atoms with van der Waals surface area (Å²) in [5.41, 5.74) is -1.35. The lowest BCUT2D eigenvalue weighted by atomic mass is 9.89. The third-order valence-electron chi connectivity index (χ3n) is 3.51. The summed E-state index contributed by atoms with van der Waals surface area (Å²) in [6.07, 6.45) is 3.15. The number of ether oxygens (including phenoxy) is 1. The van der Waals surface area contributed by atoms with Crippen LogP contribution in [0.4, 0.5) is 8.78 Å². The summed E-state index contributed by atoms with van der Waals surface area (Å²) >= 11 is 0. The van der Waals surface area contributed by atoms with Crippen LogP contribution >= 0.6 is 0 Å². The molecule has 0 aromatic heterocycles. The predicted octanol–water partition coefficient (Wildman–Crippen LogP) is 3.13. The van der Waals surface area contributed by atoms with E-state index in [1.54, 1.807) is 0 Å². The number of rotatable bonds is 4. The molecule has 2 rings (SSSR count). The molecule has 0 saturated carbocycles. The molecule has 1 N–H and O–H groups in total. The molecule has 2 unspecified atom stereocenters. The molecule has 1 aliphatic rings. The lowest BCUT2D eigenvalue weighted by Gasteiger charge is -2.25. The fourth-order valence-corrected chi connectivity index (χ4v) is 2.37. The van der Waals surface area contributed by atoms with Gasteiger partial charge >= 0.3 is 0 Å². The molecule has 100 valence electrons. The molecule has 1 aliphatic heterocycles. The van der Waals surface area contributed by atoms with E-state index in [4.69, 9.17) is 4.74 Å². The van der Waals surface area contributed by atoms with Crippen molar-refractivity contribution in [2.45, 2.75) is 44.3 Å². The molecule has 1 aromatic rings. The first kappa shape index (κ1) is 13.4. The third-order valence-corrected chi connectivity index (χ3v) is 3.51. The molecule has 0 amide bonds. The highest BCUT2D eigenvalue weighted by Crippen LogP contribution is 2.31. The highest BCUT2D eigenvalue weighted by Gasteiger charge is 2.29. The summed E-state index contributed by atoms with van der Waals surface area (Å²) in [6.45, 7) is 2.26. The normalized spacial score (nSPS) is 23.0. The summed E-state index contributed by atoms with van der Waals surface area (Å²) in [4.78, 5) is 0. The SMILES string of the molecule is CC(O)(CCC1CCCO1)c1cccc(F)c1F. The second-order valence-electron chi connectivity index (χ2n) is 5.05. The highest BCUT2D eigenvalue weighted by atomic mass is 19.2. The van der Waals surface area contributed by atoms with Gasteiger partial charge in [-0.15, -0.1) is 0 Å². The van der Waals surface area contributed by atoms with E-state index in [0.29, 0.717) is 12.8 Å². The van der Waals surface area contributed by atoms with E-state index in [0.717, 1.165) is 25.5 Å². The molecule has 2 nitrogen and oxygen atoms in total. The van der Waals surface area contributed by atoms with Crippen LogP contribution in [0.1, 0.15) is 38.2 Å². The first-order valence-corrected chi connectivity index (χ1v) is 6.29. The average Bonchev–Trinajstić information content (AvgIpc) is 2.83. The van der Waals surface area contributed by atoms with Crippen molar-refractivity contribution < 1.29 is 18.6 Å². The smallest absolute Gasteiger partial charge is 0.164 e. The molecule has 18 heavy (non-hydrogen) atoms. The Labute approximate surface area is 106 Å². The highest BCUT2D eigenvalue weighted by molar-refractivity contribution is 5.24. The standard InChI is InChI=1S/C14H18F2O2/c1-14(17,8-7-10-4-3-9-18-10)11-5-2-6-12(15)13(11)16/h2,5-6,10,17H,3-4,7-9H2,1H3. The lowest BCUT2D eigenvalue weighted by Crippen LogP contribution is -2.25. The Hall–Kier alpha value is -1.00. The molecular formula is C14H18F2O2. The van der Waals surface area contributed by atoms with E-state index < -0.39 is 17.2 Å². The molecule has 2 atom stereocenters. The zero-order valence-electron chi connectivity index (χ0n) is 10.5. The number of benzene rings is 1. The van der Waals surface area contributed by atoms with E-state index in [9.17, 15) is 13.9 Å². The maximum absolute atomic E-state index is 13.6. The molecule has 0 spiro atoms. The minimum absolute atomic E-state index is 0.0143. The van der Waals surface area contributed by atoms with E-state index in [-0.39, 0.29) is 11.7 Å². The minimum Gasteiger partial charge on any atom is -0.385 e. The van der Waals surface area contributed by atoms with Crippen LogP contribution in [0, 0.1) is 11.6 Å². The third kappa shape index (κ3) is 2.87. The van der Waals surface area contributed by atoms with Crippen LogP contribution in [0.5, 0.6) is 0 Å². The van der Waals surface area contributed by atoms with Gasteiger partial charge in [0.2, 0.25) is 0 Å². The number of hydrogen-bond acceptors (Lipinski definition) is 2. The topological polar surface area (TPSA) is 29.5 Å². The van der Waals surface area contributed by atoms with Crippen molar-refractivity contribution >= 4 is 0 Å². The van der Waals surface area contributed by atoms with Gasteiger partial charge in [-0.05, 0) is 38.7 Å². The van der Waals surface area contributed by atoms with Gasteiger partial charge in [0.25, 0.3) is 0 Å². The van der Waals surface area contributed by atoms with Crippen LogP contribution in [0.25, 0.3) is 0 Å². The van der Waals surface area contributed by atoms with E-state index in [2.05, 4.69) is 0 Å². The predicted molar refractivity (Wildman–Crippen MR) is 64.1 cm³/mol. The lowest BCUT2D eigenvalue weighted by molar-refractivity contribution is 0.0189. The second-order valence-corrected chi connectivity index (χ2v) is 5.05. The Kier molecular flexibility index (Phi) is 3.97. The van der Waals surface area contributed by atoms with Crippen LogP contribution < -0.4 is 0 Å². The van der Waals surface area contributed by atoms with Crippen LogP contribution in [-0.4, -0.2) is 17.8 Å². The van der Waals surface area contributed by atoms with Gasteiger partial charge in [0, 0.05) is 12.2 Å². The fraction of sp³-hybridized carbons (Fsp3) is 0.571. The van der Waals surface area contributed by atoms with Gasteiger partial charge in [0.15, 0.2) is 11.6 Å². The Morgan fingerprint density at radius 2 is 2.22 bits per heavy atom. The van der Waals surface area contributed by atoms with Crippen LogP contribution in [-0.2, 0) is 10.3 Å². The zero-order valence-corrected chi connectivity index (χ0v) is 10.5. The molecule has 1 aromatic carbocycles. The van der Waals surface area contributed by atoms with Crippen molar-refractivity contribution in [3.63, 3.8) is 0 Å². The van der Waals surface area contributed by atoms with Crippen molar-refractivity contribution in [3.05, 3.63) is 35.4 Å². The van der Waals surface area contributed by atoms with Gasteiger partial charge in [-0.1, -0.05) is 12.1 Å². The molecular weight excluding hydrogens is 238 g/mol. The quantitative estimate of drug-likeness (QED) is 0.896. The van der Waals surface area contributed by atoms with Crippen molar-refractivity contribution in [1.82, 2.24) is 0 Å². The van der Waals surface area contributed by atoms with Crippen LogP contribution in [0.15, 0.2) is 18.2 Å². The van der Waals surface area contributed by atoms with Gasteiger partial charge in [-0.3, -0.25) is 0 Å². The second kappa shape index (κ2) is 5.33.